The highest BCUT2D eigenvalue weighted by Crippen LogP contribution is 2.23. The fraction of sp³-hybridized carbons (Fsp3) is 0.167. The SMILES string of the molecule is OCCc1ccccc1Oc1ncc(Cl)cn1. The molecule has 0 saturated heterocycles. The summed E-state index contributed by atoms with van der Waals surface area (Å²) in [5.74, 6) is 0.642. The Morgan fingerprint density at radius 1 is 1.18 bits per heavy atom. The van der Waals surface area contributed by atoms with Crippen LogP contribution >= 0.6 is 11.6 Å². The van der Waals surface area contributed by atoms with Gasteiger partial charge in [-0.05, 0) is 18.1 Å². The molecule has 0 saturated carbocycles. The molecule has 0 aliphatic rings. The van der Waals surface area contributed by atoms with Gasteiger partial charge in [-0.15, -0.1) is 0 Å². The van der Waals surface area contributed by atoms with Crippen molar-refractivity contribution in [3.05, 3.63) is 47.2 Å². The summed E-state index contributed by atoms with van der Waals surface area (Å²) in [5, 5.41) is 9.40. The van der Waals surface area contributed by atoms with Crippen LogP contribution in [0.25, 0.3) is 0 Å². The van der Waals surface area contributed by atoms with Crippen molar-refractivity contribution in [3.8, 4) is 11.8 Å². The Morgan fingerprint density at radius 3 is 2.59 bits per heavy atom. The van der Waals surface area contributed by atoms with E-state index in [0.29, 0.717) is 17.2 Å². The van der Waals surface area contributed by atoms with Gasteiger partial charge in [-0.1, -0.05) is 29.8 Å². The number of ether oxygens (including phenoxy) is 1. The molecular formula is C12H11ClN2O2. The topological polar surface area (TPSA) is 55.2 Å². The lowest BCUT2D eigenvalue weighted by atomic mass is 10.1. The predicted octanol–water partition coefficient (Wildman–Crippen LogP) is 2.46. The van der Waals surface area contributed by atoms with Crippen LogP contribution in [0.3, 0.4) is 0 Å². The minimum atomic E-state index is 0.0713. The molecule has 1 N–H and O–H groups in total. The molecule has 0 radical (unpaired) electrons. The van der Waals surface area contributed by atoms with Gasteiger partial charge in [-0.25, -0.2) is 9.97 Å². The van der Waals surface area contributed by atoms with Gasteiger partial charge in [0.25, 0.3) is 0 Å². The molecule has 1 aromatic carbocycles. The van der Waals surface area contributed by atoms with E-state index in [-0.39, 0.29) is 12.6 Å². The Morgan fingerprint density at radius 2 is 1.88 bits per heavy atom. The van der Waals surface area contributed by atoms with Crippen LogP contribution < -0.4 is 4.74 Å². The molecule has 0 spiro atoms. The fourth-order valence-corrected chi connectivity index (χ4v) is 1.48. The molecule has 0 aliphatic carbocycles. The number of halogens is 1. The number of hydrogen-bond acceptors (Lipinski definition) is 4. The maximum absolute atomic E-state index is 8.94. The summed E-state index contributed by atoms with van der Waals surface area (Å²) in [6.45, 7) is 0.0713. The molecular weight excluding hydrogens is 240 g/mol. The molecule has 0 bridgehead atoms. The van der Waals surface area contributed by atoms with Crippen LogP contribution in [0.15, 0.2) is 36.7 Å². The first kappa shape index (κ1) is 11.8. The maximum atomic E-state index is 8.94. The van der Waals surface area contributed by atoms with Crippen molar-refractivity contribution in [2.75, 3.05) is 6.61 Å². The Hall–Kier alpha value is -1.65. The van der Waals surface area contributed by atoms with E-state index in [1.165, 1.54) is 12.4 Å². The molecule has 2 rings (SSSR count). The zero-order chi connectivity index (χ0) is 12.1. The normalized spacial score (nSPS) is 10.2. The van der Waals surface area contributed by atoms with Crippen molar-refractivity contribution in [1.29, 1.82) is 0 Å². The smallest absolute Gasteiger partial charge is 0.321 e. The molecule has 0 fully saturated rings. The molecule has 2 aromatic rings. The van der Waals surface area contributed by atoms with Gasteiger partial charge >= 0.3 is 6.01 Å². The lowest BCUT2D eigenvalue weighted by Gasteiger charge is -2.08. The predicted molar refractivity (Wildman–Crippen MR) is 64.3 cm³/mol. The molecule has 0 amide bonds. The van der Waals surface area contributed by atoms with E-state index >= 15 is 0 Å². The summed E-state index contributed by atoms with van der Waals surface area (Å²) in [7, 11) is 0. The summed E-state index contributed by atoms with van der Waals surface area (Å²) in [6.07, 6.45) is 3.47. The molecule has 4 nitrogen and oxygen atoms in total. The van der Waals surface area contributed by atoms with Crippen LogP contribution in [-0.2, 0) is 6.42 Å². The van der Waals surface area contributed by atoms with Crippen molar-refractivity contribution in [2.24, 2.45) is 0 Å². The van der Waals surface area contributed by atoms with Crippen molar-refractivity contribution < 1.29 is 9.84 Å². The number of nitrogens with zero attached hydrogens (tertiary/aromatic N) is 2. The second kappa shape index (κ2) is 5.61. The minimum Gasteiger partial charge on any atom is -0.424 e. The van der Waals surface area contributed by atoms with Gasteiger partial charge < -0.3 is 9.84 Å². The number of para-hydroxylation sites is 1. The third-order valence-corrected chi connectivity index (χ3v) is 2.35. The fourth-order valence-electron chi connectivity index (χ4n) is 1.38. The lowest BCUT2D eigenvalue weighted by Crippen LogP contribution is -1.97. The van der Waals surface area contributed by atoms with Gasteiger partial charge in [-0.3, -0.25) is 0 Å². The second-order valence-corrected chi connectivity index (χ2v) is 3.80. The quantitative estimate of drug-likeness (QED) is 0.906. The molecule has 5 heteroatoms. The van der Waals surface area contributed by atoms with E-state index in [4.69, 9.17) is 21.4 Å². The van der Waals surface area contributed by atoms with Crippen molar-refractivity contribution in [3.63, 3.8) is 0 Å². The minimum absolute atomic E-state index is 0.0713. The highest BCUT2D eigenvalue weighted by molar-refractivity contribution is 6.30. The Kier molecular flexibility index (Phi) is 3.90. The molecule has 0 unspecified atom stereocenters. The van der Waals surface area contributed by atoms with Gasteiger partial charge in [0.05, 0.1) is 17.4 Å². The largest absolute Gasteiger partial charge is 0.424 e. The average molecular weight is 251 g/mol. The van der Waals surface area contributed by atoms with Crippen LogP contribution in [0.4, 0.5) is 0 Å². The standard InChI is InChI=1S/C12H11ClN2O2/c13-10-7-14-12(15-8-10)17-11-4-2-1-3-9(11)5-6-16/h1-4,7-8,16H,5-6H2. The third-order valence-electron chi connectivity index (χ3n) is 2.15. The first-order chi connectivity index (χ1) is 8.29. The van der Waals surface area contributed by atoms with Crippen LogP contribution in [0.5, 0.6) is 11.8 Å². The van der Waals surface area contributed by atoms with E-state index in [0.717, 1.165) is 5.56 Å². The third kappa shape index (κ3) is 3.15. The summed E-state index contributed by atoms with van der Waals surface area (Å²) >= 11 is 5.68. The Bertz CT molecular complexity index is 488. The zero-order valence-electron chi connectivity index (χ0n) is 9.01. The van der Waals surface area contributed by atoms with E-state index < -0.39 is 0 Å². The summed E-state index contributed by atoms with van der Waals surface area (Å²) in [6, 6.07) is 7.68. The van der Waals surface area contributed by atoms with Crippen LogP contribution in [0, 0.1) is 0 Å². The number of hydrogen-bond donors (Lipinski definition) is 1. The monoisotopic (exact) mass is 250 g/mol. The Labute approximate surface area is 104 Å². The molecule has 88 valence electrons. The van der Waals surface area contributed by atoms with E-state index in [9.17, 15) is 0 Å². The first-order valence-electron chi connectivity index (χ1n) is 5.14. The van der Waals surface area contributed by atoms with Crippen LogP contribution in [0.2, 0.25) is 5.02 Å². The number of benzene rings is 1. The second-order valence-electron chi connectivity index (χ2n) is 3.37. The summed E-state index contributed by atoms with van der Waals surface area (Å²) in [5.41, 5.74) is 0.911. The molecule has 1 heterocycles. The number of rotatable bonds is 4. The lowest BCUT2D eigenvalue weighted by molar-refractivity contribution is 0.297. The zero-order valence-corrected chi connectivity index (χ0v) is 9.76. The van der Waals surface area contributed by atoms with Gasteiger partial charge in [0.2, 0.25) is 0 Å². The molecule has 0 atom stereocenters. The van der Waals surface area contributed by atoms with Crippen molar-refractivity contribution in [2.45, 2.75) is 6.42 Å². The van der Waals surface area contributed by atoms with Gasteiger partial charge in [0.1, 0.15) is 5.75 Å². The van der Waals surface area contributed by atoms with E-state index in [1.54, 1.807) is 0 Å². The number of aliphatic hydroxyl groups is 1. The van der Waals surface area contributed by atoms with Gasteiger partial charge in [0, 0.05) is 6.61 Å². The van der Waals surface area contributed by atoms with Gasteiger partial charge in [0.15, 0.2) is 0 Å². The van der Waals surface area contributed by atoms with E-state index in [2.05, 4.69) is 9.97 Å². The maximum Gasteiger partial charge on any atom is 0.321 e. The summed E-state index contributed by atoms with van der Waals surface area (Å²) < 4.78 is 5.53. The highest BCUT2D eigenvalue weighted by atomic mass is 35.5. The van der Waals surface area contributed by atoms with E-state index in [1.807, 2.05) is 24.3 Å². The molecule has 1 aromatic heterocycles. The Balaban J connectivity index is 2.20. The highest BCUT2D eigenvalue weighted by Gasteiger charge is 2.05. The summed E-state index contributed by atoms with van der Waals surface area (Å²) in [4.78, 5) is 7.89. The molecule has 17 heavy (non-hydrogen) atoms. The van der Waals surface area contributed by atoms with Crippen molar-refractivity contribution >= 4 is 11.6 Å². The van der Waals surface area contributed by atoms with Gasteiger partial charge in [-0.2, -0.15) is 0 Å². The number of aromatic nitrogens is 2. The molecule has 0 aliphatic heterocycles. The van der Waals surface area contributed by atoms with Crippen LogP contribution in [0.1, 0.15) is 5.56 Å². The first-order valence-corrected chi connectivity index (χ1v) is 5.51. The van der Waals surface area contributed by atoms with Crippen molar-refractivity contribution in [1.82, 2.24) is 9.97 Å². The number of aliphatic hydroxyl groups excluding tert-OH is 1. The average Bonchev–Trinajstić information content (AvgIpc) is 2.35. The van der Waals surface area contributed by atoms with Crippen LogP contribution in [-0.4, -0.2) is 21.7 Å².